The maximum atomic E-state index is 8.86. The summed E-state index contributed by atoms with van der Waals surface area (Å²) in [6, 6.07) is 11.6. The van der Waals surface area contributed by atoms with Crippen LogP contribution in [-0.2, 0) is 6.54 Å². The molecule has 1 aliphatic rings. The van der Waals surface area contributed by atoms with E-state index in [1.165, 1.54) is 0 Å². The first-order valence-corrected chi connectivity index (χ1v) is 6.39. The van der Waals surface area contributed by atoms with Crippen molar-refractivity contribution in [1.29, 1.82) is 5.26 Å². The summed E-state index contributed by atoms with van der Waals surface area (Å²) >= 11 is 0. The minimum Gasteiger partial charge on any atom is -0.491 e. The number of fused-ring (bicyclic) bond motifs is 1. The zero-order valence-corrected chi connectivity index (χ0v) is 10.9. The maximum absolute atomic E-state index is 8.86. The fourth-order valence-corrected chi connectivity index (χ4v) is 2.31. The number of ether oxygens (including phenoxy) is 1. The van der Waals surface area contributed by atoms with Crippen molar-refractivity contribution in [3.05, 3.63) is 47.7 Å². The first-order valence-electron chi connectivity index (χ1n) is 6.39. The second kappa shape index (κ2) is 5.10. The summed E-state index contributed by atoms with van der Waals surface area (Å²) in [4.78, 5) is 6.38. The van der Waals surface area contributed by atoms with Gasteiger partial charge in [-0.1, -0.05) is 18.2 Å². The van der Waals surface area contributed by atoms with Gasteiger partial charge in [-0.25, -0.2) is 4.98 Å². The van der Waals surface area contributed by atoms with Crippen LogP contribution in [0.5, 0.6) is 5.75 Å². The normalized spacial score (nSPS) is 13.8. The van der Waals surface area contributed by atoms with Crippen molar-refractivity contribution in [3.8, 4) is 11.8 Å². The Balaban J connectivity index is 1.94. The van der Waals surface area contributed by atoms with Crippen LogP contribution in [-0.4, -0.2) is 18.1 Å². The van der Waals surface area contributed by atoms with Crippen LogP contribution in [0.25, 0.3) is 0 Å². The molecule has 1 aromatic heterocycles. The molecule has 1 aromatic carbocycles. The minimum absolute atomic E-state index is 0.470. The van der Waals surface area contributed by atoms with E-state index in [-0.39, 0.29) is 0 Å². The van der Waals surface area contributed by atoms with Crippen LogP contribution in [0.3, 0.4) is 0 Å². The van der Waals surface area contributed by atoms with Crippen LogP contribution in [0.4, 0.5) is 11.5 Å². The standard InChI is InChI=1S/C15H14N4O/c16-8-11-7-13(17)15(18-9-11)19-5-6-20-14-4-2-1-3-12(14)10-19/h1-4,7,9H,5-6,10,17H2. The van der Waals surface area contributed by atoms with E-state index in [0.717, 1.165) is 11.3 Å². The first kappa shape index (κ1) is 12.3. The summed E-state index contributed by atoms with van der Waals surface area (Å²) in [5, 5.41) is 8.86. The highest BCUT2D eigenvalue weighted by Gasteiger charge is 2.18. The molecule has 3 rings (SSSR count). The van der Waals surface area contributed by atoms with Crippen LogP contribution in [0, 0.1) is 11.3 Å². The van der Waals surface area contributed by atoms with Gasteiger partial charge in [0.15, 0.2) is 5.82 Å². The lowest BCUT2D eigenvalue weighted by atomic mass is 10.2. The third-order valence-corrected chi connectivity index (χ3v) is 3.28. The Kier molecular flexibility index (Phi) is 3.13. The Labute approximate surface area is 117 Å². The van der Waals surface area contributed by atoms with Crippen LogP contribution in [0.2, 0.25) is 0 Å². The summed E-state index contributed by atoms with van der Waals surface area (Å²) < 4.78 is 5.72. The fraction of sp³-hybridized carbons (Fsp3) is 0.200. The molecule has 5 nitrogen and oxygen atoms in total. The van der Waals surface area contributed by atoms with Crippen LogP contribution >= 0.6 is 0 Å². The van der Waals surface area contributed by atoms with Crippen LogP contribution in [0.1, 0.15) is 11.1 Å². The Hall–Kier alpha value is -2.74. The molecule has 0 saturated carbocycles. The number of pyridine rings is 1. The summed E-state index contributed by atoms with van der Waals surface area (Å²) in [5.74, 6) is 1.60. The van der Waals surface area contributed by atoms with Crippen molar-refractivity contribution >= 4 is 11.5 Å². The van der Waals surface area contributed by atoms with Gasteiger partial charge in [0.05, 0.1) is 17.8 Å². The average Bonchev–Trinajstić information content (AvgIpc) is 2.69. The third-order valence-electron chi connectivity index (χ3n) is 3.28. The predicted octanol–water partition coefficient (Wildman–Crippen LogP) is 1.93. The molecule has 0 aliphatic carbocycles. The van der Waals surface area contributed by atoms with E-state index in [2.05, 4.69) is 9.88 Å². The molecular formula is C15H14N4O. The predicted molar refractivity (Wildman–Crippen MR) is 76.4 cm³/mol. The monoisotopic (exact) mass is 266 g/mol. The lowest BCUT2D eigenvalue weighted by Crippen LogP contribution is -2.27. The Morgan fingerprint density at radius 3 is 3.00 bits per heavy atom. The molecule has 1 aliphatic heterocycles. The molecule has 0 unspecified atom stereocenters. The fourth-order valence-electron chi connectivity index (χ4n) is 2.31. The molecule has 0 saturated heterocycles. The highest BCUT2D eigenvalue weighted by Crippen LogP contribution is 2.28. The average molecular weight is 266 g/mol. The molecule has 0 radical (unpaired) electrons. The van der Waals surface area contributed by atoms with E-state index in [1.807, 2.05) is 30.3 Å². The van der Waals surface area contributed by atoms with Gasteiger partial charge in [0.1, 0.15) is 18.4 Å². The zero-order valence-electron chi connectivity index (χ0n) is 10.9. The number of para-hydroxylation sites is 1. The van der Waals surface area contributed by atoms with Crippen molar-refractivity contribution in [2.75, 3.05) is 23.8 Å². The molecule has 2 N–H and O–H groups in total. The van der Waals surface area contributed by atoms with E-state index < -0.39 is 0 Å². The van der Waals surface area contributed by atoms with Gasteiger partial charge in [0, 0.05) is 18.3 Å². The van der Waals surface area contributed by atoms with Gasteiger partial charge in [-0.05, 0) is 12.1 Å². The SMILES string of the molecule is N#Cc1cnc(N2CCOc3ccccc3C2)c(N)c1. The number of benzene rings is 1. The molecule has 0 amide bonds. The van der Waals surface area contributed by atoms with E-state index in [0.29, 0.717) is 36.8 Å². The number of hydrogen-bond donors (Lipinski definition) is 1. The van der Waals surface area contributed by atoms with Crippen molar-refractivity contribution in [2.24, 2.45) is 0 Å². The van der Waals surface area contributed by atoms with Crippen molar-refractivity contribution in [1.82, 2.24) is 4.98 Å². The molecule has 20 heavy (non-hydrogen) atoms. The number of aromatic nitrogens is 1. The number of rotatable bonds is 1. The quantitative estimate of drug-likeness (QED) is 0.853. The number of nitriles is 1. The second-order valence-electron chi connectivity index (χ2n) is 4.63. The molecule has 2 heterocycles. The molecule has 100 valence electrons. The van der Waals surface area contributed by atoms with E-state index in [4.69, 9.17) is 15.7 Å². The lowest BCUT2D eigenvalue weighted by molar-refractivity contribution is 0.331. The molecular weight excluding hydrogens is 252 g/mol. The topological polar surface area (TPSA) is 75.2 Å². The zero-order chi connectivity index (χ0) is 13.9. The van der Waals surface area contributed by atoms with Crippen molar-refractivity contribution in [3.63, 3.8) is 0 Å². The minimum atomic E-state index is 0.470. The van der Waals surface area contributed by atoms with E-state index >= 15 is 0 Å². The molecule has 2 aromatic rings. The Bertz CT molecular complexity index is 678. The molecule has 0 spiro atoms. The van der Waals surface area contributed by atoms with Gasteiger partial charge in [-0.3, -0.25) is 0 Å². The van der Waals surface area contributed by atoms with Gasteiger partial charge in [0.25, 0.3) is 0 Å². The smallest absolute Gasteiger partial charge is 0.152 e. The van der Waals surface area contributed by atoms with Gasteiger partial charge in [-0.15, -0.1) is 0 Å². The Morgan fingerprint density at radius 1 is 1.35 bits per heavy atom. The molecule has 0 fully saturated rings. The number of hydrogen-bond acceptors (Lipinski definition) is 5. The van der Waals surface area contributed by atoms with E-state index in [1.54, 1.807) is 12.3 Å². The second-order valence-corrected chi connectivity index (χ2v) is 4.63. The lowest BCUT2D eigenvalue weighted by Gasteiger charge is -2.22. The molecule has 0 atom stereocenters. The number of nitrogen functional groups attached to an aromatic ring is 1. The molecule has 0 bridgehead atoms. The summed E-state index contributed by atoms with van der Waals surface area (Å²) in [7, 11) is 0. The third kappa shape index (κ3) is 2.24. The van der Waals surface area contributed by atoms with Gasteiger partial charge in [0.2, 0.25) is 0 Å². The largest absolute Gasteiger partial charge is 0.491 e. The van der Waals surface area contributed by atoms with Gasteiger partial charge in [-0.2, -0.15) is 5.26 Å². The summed E-state index contributed by atoms with van der Waals surface area (Å²) in [6.45, 7) is 1.98. The van der Waals surface area contributed by atoms with Gasteiger partial charge < -0.3 is 15.4 Å². The van der Waals surface area contributed by atoms with Crippen LogP contribution < -0.4 is 15.4 Å². The number of anilines is 2. The summed E-state index contributed by atoms with van der Waals surface area (Å²) in [5.41, 5.74) is 8.10. The highest BCUT2D eigenvalue weighted by atomic mass is 16.5. The van der Waals surface area contributed by atoms with Crippen molar-refractivity contribution < 1.29 is 4.74 Å². The maximum Gasteiger partial charge on any atom is 0.152 e. The Morgan fingerprint density at radius 2 is 2.20 bits per heavy atom. The summed E-state index contributed by atoms with van der Waals surface area (Å²) in [6.07, 6.45) is 1.54. The number of nitrogens with zero attached hydrogens (tertiary/aromatic N) is 3. The van der Waals surface area contributed by atoms with Gasteiger partial charge >= 0.3 is 0 Å². The number of nitrogens with two attached hydrogens (primary N) is 1. The first-order chi connectivity index (χ1) is 9.78. The van der Waals surface area contributed by atoms with Crippen LogP contribution in [0.15, 0.2) is 36.5 Å². The highest BCUT2D eigenvalue weighted by molar-refractivity contribution is 5.65. The molecule has 5 heteroatoms. The van der Waals surface area contributed by atoms with E-state index in [9.17, 15) is 0 Å². The van der Waals surface area contributed by atoms with Crippen molar-refractivity contribution in [2.45, 2.75) is 6.54 Å².